The summed E-state index contributed by atoms with van der Waals surface area (Å²) >= 11 is 0. The largest absolute Gasteiger partial charge is 0.297 e. The number of fused-ring (bicyclic) bond motifs is 2. The number of hydrogen-bond acceptors (Lipinski definition) is 1. The minimum atomic E-state index is 0.674. The highest BCUT2D eigenvalue weighted by Gasteiger charge is 2.31. The highest BCUT2D eigenvalue weighted by atomic mass is 15.2. The quantitative estimate of drug-likeness (QED) is 0.779. The Bertz CT molecular complexity index is 483. The van der Waals surface area contributed by atoms with Gasteiger partial charge in [0, 0.05) is 12.1 Å². The Morgan fingerprint density at radius 3 is 2.55 bits per heavy atom. The molecular formula is C19H27N. The smallest absolute Gasteiger partial charge is 0.0284 e. The summed E-state index contributed by atoms with van der Waals surface area (Å²) < 4.78 is 0. The van der Waals surface area contributed by atoms with Crippen LogP contribution in [0.4, 0.5) is 0 Å². The molecule has 3 rings (SSSR count). The lowest BCUT2D eigenvalue weighted by Crippen LogP contribution is -2.45. The fourth-order valence-corrected chi connectivity index (χ4v) is 3.78. The monoisotopic (exact) mass is 269 g/mol. The molecule has 0 radical (unpaired) electrons. The van der Waals surface area contributed by atoms with E-state index in [1.165, 1.54) is 43.2 Å². The fraction of sp³-hybridized carbons (Fsp3) is 0.579. The van der Waals surface area contributed by atoms with Gasteiger partial charge in [0.05, 0.1) is 0 Å². The molecule has 2 heterocycles. The first-order chi connectivity index (χ1) is 9.63. The lowest BCUT2D eigenvalue weighted by Gasteiger charge is -2.42. The van der Waals surface area contributed by atoms with Gasteiger partial charge in [-0.05, 0) is 55.3 Å². The van der Waals surface area contributed by atoms with Gasteiger partial charge >= 0.3 is 0 Å². The maximum absolute atomic E-state index is 2.58. The predicted molar refractivity (Wildman–Crippen MR) is 86.8 cm³/mol. The summed E-state index contributed by atoms with van der Waals surface area (Å²) in [6.45, 7) is 4.57. The van der Waals surface area contributed by atoms with E-state index in [-0.39, 0.29) is 0 Å². The molecule has 0 aliphatic carbocycles. The van der Waals surface area contributed by atoms with Crippen molar-refractivity contribution >= 4 is 5.57 Å². The Hall–Kier alpha value is -1.08. The van der Waals surface area contributed by atoms with Gasteiger partial charge in [-0.2, -0.15) is 0 Å². The summed E-state index contributed by atoms with van der Waals surface area (Å²) in [5.41, 5.74) is 4.49. The average Bonchev–Trinajstić information content (AvgIpc) is 2.39. The second-order valence-electron chi connectivity index (χ2n) is 7.01. The minimum Gasteiger partial charge on any atom is -0.297 e. The van der Waals surface area contributed by atoms with Crippen molar-refractivity contribution in [2.24, 2.45) is 5.92 Å². The molecule has 2 atom stereocenters. The molecule has 20 heavy (non-hydrogen) atoms. The Morgan fingerprint density at radius 2 is 1.90 bits per heavy atom. The molecule has 1 saturated heterocycles. The highest BCUT2D eigenvalue weighted by molar-refractivity contribution is 5.68. The van der Waals surface area contributed by atoms with Crippen LogP contribution in [0.5, 0.6) is 0 Å². The normalized spacial score (nSPS) is 26.7. The van der Waals surface area contributed by atoms with Crippen molar-refractivity contribution < 1.29 is 0 Å². The van der Waals surface area contributed by atoms with Gasteiger partial charge in [-0.1, -0.05) is 50.6 Å². The zero-order valence-electron chi connectivity index (χ0n) is 13.1. The van der Waals surface area contributed by atoms with Crippen molar-refractivity contribution in [3.8, 4) is 0 Å². The third kappa shape index (κ3) is 2.83. The molecule has 0 amide bonds. The van der Waals surface area contributed by atoms with Crippen LogP contribution in [0.15, 0.2) is 30.3 Å². The maximum atomic E-state index is 2.58. The predicted octanol–water partition coefficient (Wildman–Crippen LogP) is 4.53. The molecule has 1 heteroatoms. The Morgan fingerprint density at radius 1 is 1.15 bits per heavy atom. The van der Waals surface area contributed by atoms with Gasteiger partial charge in [0.25, 0.3) is 0 Å². The van der Waals surface area contributed by atoms with Gasteiger partial charge in [-0.15, -0.1) is 0 Å². The lowest BCUT2D eigenvalue weighted by atomic mass is 9.83. The molecule has 2 unspecified atom stereocenters. The number of nitrogens with zero attached hydrogens (tertiary/aromatic N) is 1. The number of likely N-dealkylation sites (N-methyl/N-ethyl adjacent to an activating group) is 1. The molecule has 1 aromatic carbocycles. The summed E-state index contributed by atoms with van der Waals surface area (Å²) in [5.74, 6) is 0.739. The van der Waals surface area contributed by atoms with Crippen molar-refractivity contribution in [1.29, 1.82) is 0 Å². The van der Waals surface area contributed by atoms with E-state index in [9.17, 15) is 0 Å². The van der Waals surface area contributed by atoms with E-state index >= 15 is 0 Å². The molecule has 2 bridgehead atoms. The number of rotatable bonds is 3. The molecule has 0 aromatic heterocycles. The fourth-order valence-electron chi connectivity index (χ4n) is 3.78. The zero-order chi connectivity index (χ0) is 14.1. The van der Waals surface area contributed by atoms with Gasteiger partial charge in [0.1, 0.15) is 0 Å². The van der Waals surface area contributed by atoms with E-state index in [1.54, 1.807) is 5.57 Å². The van der Waals surface area contributed by atoms with Gasteiger partial charge in [0.15, 0.2) is 0 Å². The SMILES string of the molecule is CC(C)Cc1ccc(C2=CC3CCCC(C2)N3C)cc1. The van der Waals surface area contributed by atoms with E-state index in [0.29, 0.717) is 6.04 Å². The van der Waals surface area contributed by atoms with Crippen molar-refractivity contribution in [3.05, 3.63) is 41.5 Å². The van der Waals surface area contributed by atoms with Crippen molar-refractivity contribution in [1.82, 2.24) is 4.90 Å². The summed E-state index contributed by atoms with van der Waals surface area (Å²) in [5, 5.41) is 0. The molecule has 2 aliphatic heterocycles. The molecule has 2 aliphatic rings. The average molecular weight is 269 g/mol. The second kappa shape index (κ2) is 5.73. The van der Waals surface area contributed by atoms with Crippen LogP contribution < -0.4 is 0 Å². The Kier molecular flexibility index (Phi) is 3.98. The Labute approximate surface area is 123 Å². The summed E-state index contributed by atoms with van der Waals surface area (Å²) in [6, 6.07) is 10.8. The van der Waals surface area contributed by atoms with Crippen LogP contribution in [0.2, 0.25) is 0 Å². The summed E-state index contributed by atoms with van der Waals surface area (Å²) in [7, 11) is 2.30. The van der Waals surface area contributed by atoms with E-state index in [2.05, 4.69) is 56.1 Å². The molecule has 1 aromatic rings. The third-order valence-electron chi connectivity index (χ3n) is 4.95. The second-order valence-corrected chi connectivity index (χ2v) is 7.01. The summed E-state index contributed by atoms with van der Waals surface area (Å²) in [6.07, 6.45) is 9.05. The van der Waals surface area contributed by atoms with Crippen LogP contribution in [0.3, 0.4) is 0 Å². The first-order valence-corrected chi connectivity index (χ1v) is 8.15. The minimum absolute atomic E-state index is 0.674. The molecule has 0 N–H and O–H groups in total. The van der Waals surface area contributed by atoms with Crippen LogP contribution in [0.1, 0.15) is 50.7 Å². The van der Waals surface area contributed by atoms with E-state index in [1.807, 2.05) is 0 Å². The number of benzene rings is 1. The number of piperidine rings is 1. The maximum Gasteiger partial charge on any atom is 0.0284 e. The topological polar surface area (TPSA) is 3.24 Å². The van der Waals surface area contributed by atoms with Gasteiger partial charge in [-0.25, -0.2) is 0 Å². The molecule has 0 saturated carbocycles. The van der Waals surface area contributed by atoms with E-state index in [0.717, 1.165) is 12.0 Å². The Balaban J connectivity index is 1.79. The summed E-state index contributed by atoms with van der Waals surface area (Å²) in [4.78, 5) is 2.58. The first-order valence-electron chi connectivity index (χ1n) is 8.15. The van der Waals surface area contributed by atoms with Crippen LogP contribution in [-0.2, 0) is 6.42 Å². The molecule has 108 valence electrons. The van der Waals surface area contributed by atoms with Crippen molar-refractivity contribution in [3.63, 3.8) is 0 Å². The highest BCUT2D eigenvalue weighted by Crippen LogP contribution is 2.36. The zero-order valence-corrected chi connectivity index (χ0v) is 13.1. The molecule has 1 fully saturated rings. The van der Waals surface area contributed by atoms with E-state index in [4.69, 9.17) is 0 Å². The van der Waals surface area contributed by atoms with Gasteiger partial charge < -0.3 is 0 Å². The lowest BCUT2D eigenvalue weighted by molar-refractivity contribution is 0.137. The number of hydrogen-bond donors (Lipinski definition) is 0. The van der Waals surface area contributed by atoms with Crippen molar-refractivity contribution in [2.45, 2.75) is 58.0 Å². The van der Waals surface area contributed by atoms with Crippen molar-refractivity contribution in [2.75, 3.05) is 7.05 Å². The standard InChI is InChI=1S/C19H27N/c1-14(2)11-15-7-9-16(10-8-15)17-12-18-5-4-6-19(13-17)20(18)3/h7-10,12,14,18-19H,4-6,11,13H2,1-3H3. The van der Waals surface area contributed by atoms with Crippen LogP contribution in [0, 0.1) is 5.92 Å². The molecular weight excluding hydrogens is 242 g/mol. The van der Waals surface area contributed by atoms with E-state index < -0.39 is 0 Å². The first kappa shape index (κ1) is 13.9. The molecule has 1 nitrogen and oxygen atoms in total. The van der Waals surface area contributed by atoms with Gasteiger partial charge in [0.2, 0.25) is 0 Å². The van der Waals surface area contributed by atoms with Crippen LogP contribution in [0.25, 0.3) is 5.57 Å². The van der Waals surface area contributed by atoms with Crippen LogP contribution in [-0.4, -0.2) is 24.0 Å². The van der Waals surface area contributed by atoms with Crippen LogP contribution >= 0.6 is 0 Å². The van der Waals surface area contributed by atoms with Gasteiger partial charge in [-0.3, -0.25) is 4.90 Å². The third-order valence-corrected chi connectivity index (χ3v) is 4.95. The molecule has 0 spiro atoms.